The molecule has 0 atom stereocenters. The first kappa shape index (κ1) is 32.3. The minimum atomic E-state index is 0.592. The van der Waals surface area contributed by atoms with Gasteiger partial charge in [0.1, 0.15) is 0 Å². The van der Waals surface area contributed by atoms with Crippen LogP contribution in [0.5, 0.6) is 0 Å². The molecule has 9 rings (SSSR count). The third-order valence-corrected chi connectivity index (χ3v) is 8.89. The number of hydrogen-bond acceptors (Lipinski definition) is 8. The van der Waals surface area contributed by atoms with Crippen molar-refractivity contribution in [3.63, 3.8) is 0 Å². The van der Waals surface area contributed by atoms with Crippen LogP contribution in [0.2, 0.25) is 0 Å². The van der Waals surface area contributed by atoms with Crippen molar-refractivity contribution in [3.8, 4) is 91.0 Å². The van der Waals surface area contributed by atoms with E-state index in [0.717, 1.165) is 50.2 Å². The smallest absolute Gasteiger partial charge is 0.164 e. The lowest BCUT2D eigenvalue weighted by Crippen LogP contribution is -2.00. The van der Waals surface area contributed by atoms with Crippen LogP contribution in [0.1, 0.15) is 0 Å². The molecule has 0 spiro atoms. The van der Waals surface area contributed by atoms with Gasteiger partial charge in [0.25, 0.3) is 0 Å². The molecule has 54 heavy (non-hydrogen) atoms. The molecule has 8 heteroatoms. The van der Waals surface area contributed by atoms with Gasteiger partial charge in [-0.15, -0.1) is 0 Å². The molecule has 0 bridgehead atoms. The normalized spacial score (nSPS) is 11.0. The largest absolute Gasteiger partial charge is 0.237 e. The molecular formula is C46H30N8. The number of aromatic nitrogens is 8. The summed E-state index contributed by atoms with van der Waals surface area (Å²) in [5.41, 5.74) is 8.09. The van der Waals surface area contributed by atoms with Crippen LogP contribution in [0.25, 0.3) is 91.0 Å². The van der Waals surface area contributed by atoms with E-state index in [1.54, 1.807) is 6.20 Å². The van der Waals surface area contributed by atoms with Crippen LogP contribution < -0.4 is 0 Å². The van der Waals surface area contributed by atoms with Gasteiger partial charge in [-0.05, 0) is 6.07 Å². The van der Waals surface area contributed by atoms with Crippen molar-refractivity contribution in [2.24, 2.45) is 0 Å². The van der Waals surface area contributed by atoms with Crippen LogP contribution in [-0.2, 0) is 0 Å². The Labute approximate surface area is 312 Å². The van der Waals surface area contributed by atoms with E-state index in [2.05, 4.69) is 4.98 Å². The summed E-state index contributed by atoms with van der Waals surface area (Å²) in [6, 6.07) is 57.9. The molecule has 0 fully saturated rings. The molecule has 3 aromatic heterocycles. The third kappa shape index (κ3) is 6.87. The Bertz CT molecular complexity index is 2370. The zero-order chi connectivity index (χ0) is 36.1. The average Bonchev–Trinajstić information content (AvgIpc) is 3.27. The fraction of sp³-hybridized carbons (Fsp3) is 0. The lowest BCUT2D eigenvalue weighted by atomic mass is 10.1. The molecule has 0 amide bonds. The van der Waals surface area contributed by atoms with E-state index in [4.69, 9.17) is 34.9 Å². The zero-order valence-corrected chi connectivity index (χ0v) is 28.9. The number of nitrogens with zero attached hydrogens (tertiary/aromatic N) is 8. The molecule has 3 heterocycles. The molecule has 0 aliphatic carbocycles. The maximum atomic E-state index is 4.94. The first-order chi connectivity index (χ1) is 26.7. The molecule has 6 aromatic carbocycles. The predicted octanol–water partition coefficient (Wildman–Crippen LogP) is 10.2. The zero-order valence-electron chi connectivity index (χ0n) is 28.9. The second kappa shape index (κ2) is 14.6. The molecule has 0 unspecified atom stereocenters. The number of benzene rings is 6. The minimum absolute atomic E-state index is 0.592. The van der Waals surface area contributed by atoms with E-state index in [0.29, 0.717) is 40.8 Å². The standard InChI is InChI=1S/C46H30N8/c1-5-13-32(14-6-1)41-49-42(33-15-7-2-8-16-33)52-45(51-41)37-23-21-31(22-24-37)39-29-30-47-40(48-39)36-25-27-38(28-26-36)46-53-43(34-17-9-3-10-18-34)50-44(54-46)35-19-11-4-12-20-35/h1-30H. The average molecular weight is 695 g/mol. The summed E-state index contributed by atoms with van der Waals surface area (Å²) in [5.74, 6) is 4.30. The highest BCUT2D eigenvalue weighted by Crippen LogP contribution is 2.29. The highest BCUT2D eigenvalue weighted by Gasteiger charge is 2.15. The van der Waals surface area contributed by atoms with Gasteiger partial charge in [0.05, 0.1) is 5.69 Å². The Morgan fingerprint density at radius 3 is 0.778 bits per heavy atom. The number of rotatable bonds is 8. The lowest BCUT2D eigenvalue weighted by molar-refractivity contribution is 1.07. The summed E-state index contributed by atoms with van der Waals surface area (Å²) in [6.45, 7) is 0. The van der Waals surface area contributed by atoms with Gasteiger partial charge < -0.3 is 0 Å². The molecule has 0 aliphatic heterocycles. The van der Waals surface area contributed by atoms with Crippen molar-refractivity contribution in [1.82, 2.24) is 39.9 Å². The Morgan fingerprint density at radius 2 is 0.463 bits per heavy atom. The minimum Gasteiger partial charge on any atom is -0.237 e. The molecule has 0 radical (unpaired) electrons. The summed E-state index contributed by atoms with van der Waals surface area (Å²) >= 11 is 0. The van der Waals surface area contributed by atoms with Gasteiger partial charge in [-0.3, -0.25) is 0 Å². The van der Waals surface area contributed by atoms with Crippen LogP contribution in [0.3, 0.4) is 0 Å². The van der Waals surface area contributed by atoms with Crippen molar-refractivity contribution in [3.05, 3.63) is 182 Å². The van der Waals surface area contributed by atoms with Gasteiger partial charge in [0.2, 0.25) is 0 Å². The fourth-order valence-corrected chi connectivity index (χ4v) is 6.09. The Kier molecular flexibility index (Phi) is 8.73. The van der Waals surface area contributed by atoms with E-state index in [-0.39, 0.29) is 0 Å². The first-order valence-electron chi connectivity index (χ1n) is 17.5. The molecule has 0 aliphatic rings. The highest BCUT2D eigenvalue weighted by atomic mass is 15.0. The first-order valence-corrected chi connectivity index (χ1v) is 17.5. The van der Waals surface area contributed by atoms with E-state index in [1.807, 2.05) is 176 Å². The summed E-state index contributed by atoms with van der Waals surface area (Å²) in [5, 5.41) is 0. The van der Waals surface area contributed by atoms with Gasteiger partial charge in [-0.25, -0.2) is 39.9 Å². The predicted molar refractivity (Wildman–Crippen MR) is 212 cm³/mol. The molecule has 254 valence electrons. The molecule has 0 saturated heterocycles. The number of hydrogen-bond donors (Lipinski definition) is 0. The molecule has 8 nitrogen and oxygen atoms in total. The fourth-order valence-electron chi connectivity index (χ4n) is 6.09. The third-order valence-electron chi connectivity index (χ3n) is 8.89. The maximum absolute atomic E-state index is 4.94. The van der Waals surface area contributed by atoms with Crippen molar-refractivity contribution in [1.29, 1.82) is 0 Å². The molecule has 0 N–H and O–H groups in total. The van der Waals surface area contributed by atoms with Crippen molar-refractivity contribution in [2.45, 2.75) is 0 Å². The topological polar surface area (TPSA) is 103 Å². The van der Waals surface area contributed by atoms with Crippen molar-refractivity contribution in [2.75, 3.05) is 0 Å². The Balaban J connectivity index is 1.00. The van der Waals surface area contributed by atoms with Gasteiger partial charge in [0.15, 0.2) is 40.8 Å². The van der Waals surface area contributed by atoms with Crippen LogP contribution in [0.15, 0.2) is 182 Å². The van der Waals surface area contributed by atoms with Gasteiger partial charge in [-0.2, -0.15) is 0 Å². The van der Waals surface area contributed by atoms with Crippen LogP contribution in [-0.4, -0.2) is 39.9 Å². The lowest BCUT2D eigenvalue weighted by Gasteiger charge is -2.10. The van der Waals surface area contributed by atoms with Crippen molar-refractivity contribution < 1.29 is 0 Å². The van der Waals surface area contributed by atoms with Crippen molar-refractivity contribution >= 4 is 0 Å². The second-order valence-electron chi connectivity index (χ2n) is 12.5. The monoisotopic (exact) mass is 694 g/mol. The summed E-state index contributed by atoms with van der Waals surface area (Å²) < 4.78 is 0. The maximum Gasteiger partial charge on any atom is 0.164 e. The van der Waals surface area contributed by atoms with Gasteiger partial charge in [-0.1, -0.05) is 170 Å². The van der Waals surface area contributed by atoms with E-state index < -0.39 is 0 Å². The Hall–Kier alpha value is -7.58. The molecule has 9 aromatic rings. The highest BCUT2D eigenvalue weighted by molar-refractivity contribution is 5.72. The van der Waals surface area contributed by atoms with Crippen LogP contribution in [0, 0.1) is 0 Å². The van der Waals surface area contributed by atoms with E-state index in [1.165, 1.54) is 0 Å². The molecule has 0 saturated carbocycles. The summed E-state index contributed by atoms with van der Waals surface area (Å²) in [4.78, 5) is 38.6. The van der Waals surface area contributed by atoms with E-state index >= 15 is 0 Å². The van der Waals surface area contributed by atoms with Gasteiger partial charge >= 0.3 is 0 Å². The van der Waals surface area contributed by atoms with E-state index in [9.17, 15) is 0 Å². The van der Waals surface area contributed by atoms with Crippen LogP contribution in [0.4, 0.5) is 0 Å². The molecular weight excluding hydrogens is 665 g/mol. The Morgan fingerprint density at radius 1 is 0.204 bits per heavy atom. The SMILES string of the molecule is c1ccc(-c2nc(-c3ccccc3)nc(-c3ccc(-c4ccnc(-c5ccc(-c6nc(-c7ccccc7)nc(-c7ccccc7)n6)cc5)n4)cc3)n2)cc1. The van der Waals surface area contributed by atoms with Crippen LogP contribution >= 0.6 is 0 Å². The summed E-state index contributed by atoms with van der Waals surface area (Å²) in [7, 11) is 0. The summed E-state index contributed by atoms with van der Waals surface area (Å²) in [6.07, 6.45) is 1.79. The quantitative estimate of drug-likeness (QED) is 0.155. The second-order valence-corrected chi connectivity index (χ2v) is 12.5. The van der Waals surface area contributed by atoms with Gasteiger partial charge in [0, 0.05) is 50.7 Å².